The molecule has 0 bridgehead atoms. The van der Waals surface area contributed by atoms with Gasteiger partial charge in [-0.25, -0.2) is 9.36 Å². The van der Waals surface area contributed by atoms with Gasteiger partial charge in [0.15, 0.2) is 11.6 Å². The number of aromatic nitrogens is 6. The van der Waals surface area contributed by atoms with E-state index in [0.29, 0.717) is 191 Å². The second-order valence-corrected chi connectivity index (χ2v) is 30.0. The fourth-order valence-corrected chi connectivity index (χ4v) is 14.5. The number of benzene rings is 4. The highest BCUT2D eigenvalue weighted by atomic mass is 32.2. The number of aryl methyl sites for hydroxylation is 2. The van der Waals surface area contributed by atoms with Crippen LogP contribution < -0.4 is 31.1 Å². The lowest BCUT2D eigenvalue weighted by molar-refractivity contribution is -0.145. The number of Topliss-reactive ketones (excluding diaryl/α,β-unsaturated/α-hetero) is 5. The van der Waals surface area contributed by atoms with Gasteiger partial charge in [0.25, 0.3) is 21.0 Å². The number of nitrogens with one attached hydrogen (secondary N) is 4. The number of rotatable bonds is 45. The standard InChI is InChI=1S/C45H60N6O8S.C39H52N6O6S/c1-4-33(52)20-11-15-26-40(55)50-31-32-19-10-12-21-35(32)42-43(36-22-13-14-24-38(36)50)51(49-48-42)29-17-16-23-37(47-45(58)60-44(57)46-3)39(54)25-9-7-6-8-18-30-59-41(56)28-27-34(53)5-2;1-3-29(47)18-9-13-24-35(49)44-27-28-17-8-10-19-30(28)36-37(31-20-11-12-22-33(31)44)45(43-42-36)25-15-14-21-32(41-39(51)52-38(50)40-2)34(48)23-7-5-4-6-16-26-46/h10,12-14,19,21-22,24,37H,4-9,11,15-18,20,23,25-31H2,1-3H3,(H,46,57)(H,47,58);8,10-12,17,19-20,22,32,46H,3-7,9,13-16,18,21,23-27H2,1-2H3,(H,40,50)(H,41,51). The molecule has 0 fully saturated rings. The topological polar surface area (TPSA) is 350 Å². The van der Waals surface area contributed by atoms with Crippen LogP contribution in [-0.4, -0.2) is 142 Å². The molecule has 4 heterocycles. The van der Waals surface area contributed by atoms with Crippen LogP contribution in [0.3, 0.4) is 0 Å². The third kappa shape index (κ3) is 28.6. The highest BCUT2D eigenvalue weighted by Gasteiger charge is 2.32. The molecule has 6 aromatic rings. The SMILES string of the molecule is CCC(=O)CCCCC(=O)N1Cc2ccccc2-c2nnn(CCCCC(NC(=O)SC(=O)NC)C(=O)CCCCCCCO)c2-c2ccccc21.CCC(=O)CCCCC(=O)N1Cc2ccccc2-c2nnn(CCCCC(NC(=O)SC(=O)NC)C(=O)CCCCCCCOC(=O)CCC(=O)CC)c2-c2ccccc21. The van der Waals surface area contributed by atoms with Gasteiger partial charge in [0, 0.05) is 144 Å². The molecule has 0 saturated carbocycles. The van der Waals surface area contributed by atoms with Crippen molar-refractivity contribution in [3.8, 4) is 45.0 Å². The minimum absolute atomic E-state index is 0.00817. The number of aliphatic hydroxyl groups is 1. The quantitative estimate of drug-likeness (QED) is 0.0175. The van der Waals surface area contributed by atoms with Crippen molar-refractivity contribution in [2.24, 2.45) is 0 Å². The summed E-state index contributed by atoms with van der Waals surface area (Å²) in [6, 6.07) is 29.9. The van der Waals surface area contributed by atoms with Crippen molar-refractivity contribution >= 4 is 103 Å². The molecule has 0 radical (unpaired) electrons. The van der Waals surface area contributed by atoms with Crippen LogP contribution in [0.1, 0.15) is 231 Å². The Bertz CT molecular complexity index is 4140. The summed E-state index contributed by atoms with van der Waals surface area (Å²) >= 11 is 0.974. The van der Waals surface area contributed by atoms with Gasteiger partial charge >= 0.3 is 5.97 Å². The molecule has 6 amide bonds. The molecule has 2 unspecified atom stereocenters. The van der Waals surface area contributed by atoms with Gasteiger partial charge in [-0.05, 0) is 113 Å². The van der Waals surface area contributed by atoms with Crippen molar-refractivity contribution in [1.82, 2.24) is 51.3 Å². The van der Waals surface area contributed by atoms with Crippen LogP contribution in [0.25, 0.3) is 45.0 Å². The fraction of sp³-hybridized carbons (Fsp3) is 0.524. The zero-order chi connectivity index (χ0) is 80.6. The first-order valence-electron chi connectivity index (χ1n) is 39.9. The number of anilines is 2. The fourth-order valence-electron chi connectivity index (χ4n) is 13.6. The van der Waals surface area contributed by atoms with E-state index in [2.05, 4.69) is 41.9 Å². The summed E-state index contributed by atoms with van der Waals surface area (Å²) in [6.45, 7) is 7.65. The maximum Gasteiger partial charge on any atom is 0.306 e. The van der Waals surface area contributed by atoms with E-state index in [1.807, 2.05) is 130 Å². The largest absolute Gasteiger partial charge is 0.466 e. The van der Waals surface area contributed by atoms with Crippen molar-refractivity contribution in [3.05, 3.63) is 108 Å². The molecule has 26 nitrogen and oxygen atoms in total. The maximum atomic E-state index is 13.9. The van der Waals surface area contributed by atoms with E-state index in [4.69, 9.17) is 9.84 Å². The molecule has 0 saturated heterocycles. The molecular weight excluding hydrogens is 1470 g/mol. The summed E-state index contributed by atoms with van der Waals surface area (Å²) in [6.07, 6.45) is 17.7. The van der Waals surface area contributed by atoms with Gasteiger partial charge in [-0.15, -0.1) is 10.2 Å². The van der Waals surface area contributed by atoms with Crippen LogP contribution >= 0.6 is 23.5 Å². The van der Waals surface area contributed by atoms with Crippen LogP contribution in [0.4, 0.5) is 30.6 Å². The molecule has 28 heteroatoms. The first kappa shape index (κ1) is 89.7. The Morgan fingerprint density at radius 1 is 0.420 bits per heavy atom. The van der Waals surface area contributed by atoms with Gasteiger partial charge in [0.2, 0.25) is 11.8 Å². The van der Waals surface area contributed by atoms with Gasteiger partial charge in [0.05, 0.1) is 61.0 Å². The number of ether oxygens (including phenoxy) is 1. The van der Waals surface area contributed by atoms with E-state index in [1.165, 1.54) is 14.1 Å². The van der Waals surface area contributed by atoms with E-state index in [1.54, 1.807) is 6.92 Å². The van der Waals surface area contributed by atoms with Crippen LogP contribution in [0.2, 0.25) is 0 Å². The molecule has 8 rings (SSSR count). The van der Waals surface area contributed by atoms with Crippen molar-refractivity contribution in [1.29, 1.82) is 0 Å². The molecule has 2 aliphatic heterocycles. The first-order chi connectivity index (χ1) is 54.3. The van der Waals surface area contributed by atoms with E-state index in [0.717, 1.165) is 112 Å². The Hall–Kier alpha value is -9.54. The number of carbonyl (C=O) groups is 12. The predicted octanol–water partition coefficient (Wildman–Crippen LogP) is 15.8. The zero-order valence-corrected chi connectivity index (χ0v) is 67.3. The molecule has 0 aliphatic carbocycles. The summed E-state index contributed by atoms with van der Waals surface area (Å²) in [4.78, 5) is 154. The van der Waals surface area contributed by atoms with Crippen molar-refractivity contribution < 1.29 is 67.4 Å². The summed E-state index contributed by atoms with van der Waals surface area (Å²) < 4.78 is 8.92. The number of hydrogen-bond donors (Lipinski definition) is 5. The maximum absolute atomic E-state index is 13.9. The number of carbonyl (C=O) groups excluding carboxylic acids is 12. The van der Waals surface area contributed by atoms with Crippen molar-refractivity contribution in [2.75, 3.05) is 37.1 Å². The molecule has 5 N–H and O–H groups in total. The van der Waals surface area contributed by atoms with E-state index >= 15 is 0 Å². The van der Waals surface area contributed by atoms with Crippen LogP contribution in [0, 0.1) is 0 Å². The summed E-state index contributed by atoms with van der Waals surface area (Å²) in [5.41, 5.74) is 9.94. The first-order valence-corrected chi connectivity index (χ1v) is 41.6. The number of esters is 1. The Morgan fingerprint density at radius 2 is 0.795 bits per heavy atom. The van der Waals surface area contributed by atoms with E-state index in [-0.39, 0.29) is 72.6 Å². The lowest BCUT2D eigenvalue weighted by atomic mass is 9.95. The Kier molecular flexibility index (Phi) is 39.3. The Morgan fingerprint density at radius 3 is 1.22 bits per heavy atom. The molecule has 2 aliphatic rings. The van der Waals surface area contributed by atoms with E-state index in [9.17, 15) is 57.5 Å². The second-order valence-electron chi connectivity index (χ2n) is 28.1. The zero-order valence-electron chi connectivity index (χ0n) is 65.7. The Balaban J connectivity index is 0.000000314. The molecule has 4 aromatic carbocycles. The summed E-state index contributed by atoms with van der Waals surface area (Å²) in [5, 5.41) is 35.6. The number of ketones is 5. The van der Waals surface area contributed by atoms with Gasteiger partial charge in [-0.1, -0.05) is 155 Å². The van der Waals surface area contributed by atoms with Crippen LogP contribution in [-0.2, 0) is 69.3 Å². The highest BCUT2D eigenvalue weighted by molar-refractivity contribution is 8.26. The molecule has 112 heavy (non-hydrogen) atoms. The van der Waals surface area contributed by atoms with Gasteiger partial charge in [-0.2, -0.15) is 0 Å². The van der Waals surface area contributed by atoms with Crippen LogP contribution in [0.15, 0.2) is 97.1 Å². The number of amides is 6. The minimum Gasteiger partial charge on any atom is -0.466 e. The smallest absolute Gasteiger partial charge is 0.306 e. The minimum atomic E-state index is -0.766. The van der Waals surface area contributed by atoms with Gasteiger partial charge in [0.1, 0.15) is 28.7 Å². The number of para-hydroxylation sites is 2. The molecule has 2 aromatic heterocycles. The van der Waals surface area contributed by atoms with Crippen LogP contribution in [0.5, 0.6) is 0 Å². The molecule has 2 atom stereocenters. The predicted molar refractivity (Wildman–Crippen MR) is 436 cm³/mol. The third-order valence-electron chi connectivity index (χ3n) is 19.9. The third-order valence-corrected chi connectivity index (χ3v) is 21.3. The van der Waals surface area contributed by atoms with E-state index < -0.39 is 33.0 Å². The Labute approximate surface area is 666 Å². The second kappa shape index (κ2) is 49.1. The van der Waals surface area contributed by atoms with Gasteiger partial charge < -0.3 is 40.9 Å². The molecule has 0 spiro atoms. The molecule has 604 valence electrons. The number of hydrogen-bond acceptors (Lipinski definition) is 20. The summed E-state index contributed by atoms with van der Waals surface area (Å²) in [5.74, 6) is -0.113. The number of thioether (sulfide) groups is 2. The number of unbranched alkanes of at least 4 members (excludes halogenated alkanes) is 12. The van der Waals surface area contributed by atoms with Crippen molar-refractivity contribution in [2.45, 2.75) is 258 Å². The number of fused-ring (bicyclic) bond motifs is 10. The number of nitrogens with zero attached hydrogens (tertiary/aromatic N) is 8. The highest BCUT2D eigenvalue weighted by Crippen LogP contribution is 2.44. The average Bonchev–Trinajstić information content (AvgIpc) is 1.52. The normalized spacial score (nSPS) is 12.3. The number of aliphatic hydroxyl groups excluding tert-OH is 1. The lowest BCUT2D eigenvalue weighted by Crippen LogP contribution is -2.39. The van der Waals surface area contributed by atoms with Gasteiger partial charge in [-0.3, -0.25) is 57.5 Å². The lowest BCUT2D eigenvalue weighted by Gasteiger charge is -2.29. The summed E-state index contributed by atoms with van der Waals surface area (Å²) in [7, 11) is 2.88. The average molecular weight is 1580 g/mol. The van der Waals surface area contributed by atoms with Crippen molar-refractivity contribution in [3.63, 3.8) is 0 Å². The monoisotopic (exact) mass is 1580 g/mol. The molecular formula is C84H112N12O14S2.